The first-order chi connectivity index (χ1) is 27.9. The zero-order valence-corrected chi connectivity index (χ0v) is 33.7. The van der Waals surface area contributed by atoms with Gasteiger partial charge < -0.3 is 73.8 Å². The van der Waals surface area contributed by atoms with Crippen LogP contribution in [0.5, 0.6) is 0 Å². The molecule has 0 aromatic heterocycles. The molecule has 7 atom stereocenters. The van der Waals surface area contributed by atoms with Gasteiger partial charge in [0, 0.05) is 18.6 Å². The number of aliphatic hydroxyl groups is 1. The van der Waals surface area contributed by atoms with Crippen molar-refractivity contribution in [1.29, 1.82) is 0 Å². The average Bonchev–Trinajstić information content (AvgIpc) is 3.16. The van der Waals surface area contributed by atoms with Crippen LogP contribution in [-0.4, -0.2) is 164 Å². The van der Waals surface area contributed by atoms with Crippen molar-refractivity contribution in [3.05, 3.63) is 0 Å². The van der Waals surface area contributed by atoms with Crippen LogP contribution in [0.3, 0.4) is 0 Å². The smallest absolute Gasteiger partial charge is 0.326 e. The molecular formula is C33H53N9O17S. The maximum absolute atomic E-state index is 13.5. The molecule has 0 bridgehead atoms. The molecule has 0 heterocycles. The summed E-state index contributed by atoms with van der Waals surface area (Å²) < 4.78 is 0. The number of carboxylic acid groups (broad SMARTS) is 4. The van der Waals surface area contributed by atoms with E-state index in [0.717, 1.165) is 6.92 Å². The van der Waals surface area contributed by atoms with Crippen LogP contribution in [0.25, 0.3) is 0 Å². The van der Waals surface area contributed by atoms with Crippen LogP contribution in [0.1, 0.15) is 59.3 Å². The highest BCUT2D eigenvalue weighted by Gasteiger charge is 2.34. The number of hydrogen-bond donors (Lipinski definition) is 15. The van der Waals surface area contributed by atoms with Crippen molar-refractivity contribution in [3.63, 3.8) is 0 Å². The van der Waals surface area contributed by atoms with Crippen molar-refractivity contribution in [2.24, 2.45) is 11.7 Å². The molecule has 26 nitrogen and oxygen atoms in total. The minimum atomic E-state index is -1.97. The minimum Gasteiger partial charge on any atom is -0.481 e. The fraction of sp³-hybridized carbons (Fsp3) is 0.636. The molecule has 0 aliphatic rings. The van der Waals surface area contributed by atoms with Crippen LogP contribution in [0.15, 0.2) is 0 Å². The fourth-order valence-corrected chi connectivity index (χ4v) is 5.06. The van der Waals surface area contributed by atoms with Gasteiger partial charge >= 0.3 is 23.9 Å². The van der Waals surface area contributed by atoms with Crippen molar-refractivity contribution >= 4 is 83.8 Å². The van der Waals surface area contributed by atoms with Crippen molar-refractivity contribution in [2.75, 3.05) is 25.4 Å². The molecule has 0 aromatic rings. The number of carboxylic acids is 4. The first-order valence-electron chi connectivity index (χ1n) is 18.1. The lowest BCUT2D eigenvalue weighted by Gasteiger charge is -2.26. The lowest BCUT2D eigenvalue weighted by Crippen LogP contribution is -2.60. The number of rotatable bonds is 29. The van der Waals surface area contributed by atoms with Crippen LogP contribution < -0.4 is 48.3 Å². The highest BCUT2D eigenvalue weighted by Crippen LogP contribution is 2.08. The van der Waals surface area contributed by atoms with Gasteiger partial charge in [-0.15, -0.1) is 0 Å². The fourth-order valence-electron chi connectivity index (χ4n) is 4.80. The molecule has 0 aliphatic heterocycles. The monoisotopic (exact) mass is 879 g/mol. The molecule has 27 heteroatoms. The van der Waals surface area contributed by atoms with Gasteiger partial charge in [-0.05, 0) is 32.1 Å². The lowest BCUT2D eigenvalue weighted by atomic mass is 10.0. The summed E-state index contributed by atoms with van der Waals surface area (Å²) in [4.78, 5) is 148. The number of amides is 8. The molecule has 15 N–H and O–H groups in total. The maximum Gasteiger partial charge on any atom is 0.326 e. The first-order valence-corrected chi connectivity index (χ1v) is 18.8. The number of aliphatic carboxylic acids is 4. The summed E-state index contributed by atoms with van der Waals surface area (Å²) in [6.07, 6.45) is -4.06. The first kappa shape index (κ1) is 53.9. The van der Waals surface area contributed by atoms with Gasteiger partial charge in [-0.2, -0.15) is 12.6 Å². The number of hydrogen-bond acceptors (Lipinski definition) is 15. The Morgan fingerprint density at radius 3 is 1.38 bits per heavy atom. The second kappa shape index (κ2) is 27.6. The van der Waals surface area contributed by atoms with Gasteiger partial charge in [-0.25, -0.2) is 4.79 Å². The van der Waals surface area contributed by atoms with Gasteiger partial charge in [-0.3, -0.25) is 52.7 Å². The summed E-state index contributed by atoms with van der Waals surface area (Å²) in [5.74, 6) is -15.2. The predicted octanol–water partition coefficient (Wildman–Crippen LogP) is -6.27. The third-order valence-corrected chi connectivity index (χ3v) is 8.29. The summed E-state index contributed by atoms with van der Waals surface area (Å²) in [6.45, 7) is 2.42. The van der Waals surface area contributed by atoms with Crippen LogP contribution in [0, 0.1) is 5.92 Å². The van der Waals surface area contributed by atoms with Crippen molar-refractivity contribution in [3.8, 4) is 0 Å². The van der Waals surface area contributed by atoms with Crippen molar-refractivity contribution < 1.29 is 83.1 Å². The minimum absolute atomic E-state index is 0.0281. The molecule has 0 spiro atoms. The van der Waals surface area contributed by atoms with Gasteiger partial charge in [0.2, 0.25) is 47.3 Å². The van der Waals surface area contributed by atoms with E-state index in [0.29, 0.717) is 0 Å². The number of carbonyl (C=O) groups is 12. The van der Waals surface area contributed by atoms with E-state index < -0.39 is 165 Å². The number of thiol groups is 1. The van der Waals surface area contributed by atoms with Gasteiger partial charge in [0.25, 0.3) is 0 Å². The summed E-state index contributed by atoms with van der Waals surface area (Å²) in [6, 6.07) is -11.8. The third-order valence-electron chi connectivity index (χ3n) is 7.93. The summed E-state index contributed by atoms with van der Waals surface area (Å²) in [7, 11) is 0. The van der Waals surface area contributed by atoms with E-state index in [4.69, 9.17) is 5.73 Å². The maximum atomic E-state index is 13.5. The number of carbonyl (C=O) groups excluding carboxylic acids is 8. The Labute approximate surface area is 347 Å². The van der Waals surface area contributed by atoms with E-state index in [1.165, 1.54) is 0 Å². The van der Waals surface area contributed by atoms with Crippen molar-refractivity contribution in [2.45, 2.75) is 102 Å². The molecule has 0 saturated heterocycles. The molecule has 0 fully saturated rings. The predicted molar refractivity (Wildman–Crippen MR) is 205 cm³/mol. The SMILES string of the molecule is CC(C)C[C@H](NC(=O)[C@H](C)NC(=O)[C@H](CC(=O)O)NC(=O)[C@H](CCC(=O)O)NC(=O)[C@H](CCC(=O)O)NC(=O)[C@H](CO)NC(=O)[C@H](CS)NC(=O)CNC(=O)CN)C(=O)O. The van der Waals surface area contributed by atoms with Crippen LogP contribution in [0.2, 0.25) is 0 Å². The van der Waals surface area contributed by atoms with Gasteiger partial charge in [-0.1, -0.05) is 13.8 Å². The quantitative estimate of drug-likeness (QED) is 0.0311. The summed E-state index contributed by atoms with van der Waals surface area (Å²) in [5.41, 5.74) is 5.14. The second-order valence-electron chi connectivity index (χ2n) is 13.4. The van der Waals surface area contributed by atoms with E-state index in [-0.39, 0.29) is 18.1 Å². The van der Waals surface area contributed by atoms with E-state index >= 15 is 0 Å². The molecular weight excluding hydrogens is 826 g/mol. The Kier molecular flexibility index (Phi) is 24.8. The second-order valence-corrected chi connectivity index (χ2v) is 13.8. The molecule has 0 unspecified atom stereocenters. The van der Waals surface area contributed by atoms with Crippen LogP contribution in [-0.2, 0) is 57.5 Å². The molecule has 0 saturated carbocycles. The van der Waals surface area contributed by atoms with Gasteiger partial charge in [0.05, 0.1) is 26.1 Å². The summed E-state index contributed by atoms with van der Waals surface area (Å²) >= 11 is 3.95. The average molecular weight is 880 g/mol. The lowest BCUT2D eigenvalue weighted by molar-refractivity contribution is -0.143. The molecule has 0 rings (SSSR count). The largest absolute Gasteiger partial charge is 0.481 e. The van der Waals surface area contributed by atoms with Gasteiger partial charge in [0.1, 0.15) is 42.3 Å². The van der Waals surface area contributed by atoms with Crippen molar-refractivity contribution in [1.82, 2.24) is 42.5 Å². The summed E-state index contributed by atoms with van der Waals surface area (Å²) in [5, 5.41) is 64.3. The third kappa shape index (κ3) is 21.6. The zero-order valence-electron chi connectivity index (χ0n) is 32.8. The van der Waals surface area contributed by atoms with Gasteiger partial charge in [0.15, 0.2) is 0 Å². The Balaban J connectivity index is 6.18. The molecule has 60 heavy (non-hydrogen) atoms. The van der Waals surface area contributed by atoms with Crippen LogP contribution >= 0.6 is 12.6 Å². The van der Waals surface area contributed by atoms with E-state index in [9.17, 15) is 83.1 Å². The van der Waals surface area contributed by atoms with E-state index in [1.54, 1.807) is 13.8 Å². The molecule has 8 amide bonds. The Morgan fingerprint density at radius 2 is 0.967 bits per heavy atom. The number of aliphatic hydroxyl groups excluding tert-OH is 1. The number of nitrogens with one attached hydrogen (secondary N) is 8. The molecule has 0 aromatic carbocycles. The highest BCUT2D eigenvalue weighted by atomic mass is 32.1. The standard InChI is InChI=1S/C33H53N9O17S/c1-14(2)8-19(33(58)59)41-27(52)15(3)36-30(55)18(9-26(50)51)40-29(54)17(5-7-25(48)49)38-28(53)16(4-6-24(46)47)39-31(56)20(12-43)42-32(57)21(13-60)37-23(45)11-35-22(44)10-34/h14-21,43,60H,4-13,34H2,1-3H3,(H,35,44)(H,36,55)(H,37,45)(H,38,53)(H,39,56)(H,40,54)(H,41,52)(H,42,57)(H,46,47)(H,48,49)(H,50,51)(H,58,59)/t15-,16-,17-,18-,19-,20-,21-/m0/s1. The van der Waals surface area contributed by atoms with E-state index in [1.807, 2.05) is 5.32 Å². The van der Waals surface area contributed by atoms with E-state index in [2.05, 4.69) is 49.8 Å². The number of nitrogens with two attached hydrogens (primary N) is 1. The topological polar surface area (TPSA) is 428 Å². The Bertz CT molecular complexity index is 1600. The van der Waals surface area contributed by atoms with Crippen LogP contribution in [0.4, 0.5) is 0 Å². The Morgan fingerprint density at radius 1 is 0.533 bits per heavy atom. The molecule has 338 valence electrons. The zero-order chi connectivity index (χ0) is 46.3. The Hall–Kier alpha value is -6.09. The normalized spacial score (nSPS) is 14.2. The highest BCUT2D eigenvalue weighted by molar-refractivity contribution is 7.80. The molecule has 0 radical (unpaired) electrons. The molecule has 0 aliphatic carbocycles.